The van der Waals surface area contributed by atoms with Gasteiger partial charge in [-0.3, -0.25) is 10.2 Å². The summed E-state index contributed by atoms with van der Waals surface area (Å²) < 4.78 is 17.6. The number of carbonyl (C=O) groups excluding carboxylic acids is 1. The number of hydrazine groups is 1. The molecule has 3 unspecified atom stereocenters. The van der Waals surface area contributed by atoms with Crippen molar-refractivity contribution >= 4 is 22.7 Å². The predicted molar refractivity (Wildman–Crippen MR) is 97.0 cm³/mol. The molecule has 0 bridgehead atoms. The highest BCUT2D eigenvalue weighted by molar-refractivity contribution is 7.91. The molecule has 2 rings (SSSR count). The predicted octanol–water partition coefficient (Wildman–Crippen LogP) is 2.42. The third kappa shape index (κ3) is 4.41. The van der Waals surface area contributed by atoms with Gasteiger partial charge >= 0.3 is 0 Å². The summed E-state index contributed by atoms with van der Waals surface area (Å²) in [7, 11) is 1.58. The van der Waals surface area contributed by atoms with Crippen LogP contribution in [0.5, 0.6) is 5.75 Å². The van der Waals surface area contributed by atoms with Gasteiger partial charge in [-0.1, -0.05) is 19.6 Å². The van der Waals surface area contributed by atoms with Gasteiger partial charge in [0, 0.05) is 12.5 Å². The highest BCUT2D eigenvalue weighted by Crippen LogP contribution is 2.29. The Bertz CT molecular complexity index is 645. The lowest BCUT2D eigenvalue weighted by molar-refractivity contribution is -0.125. The fraction of sp³-hybridized carbons (Fsp3) is 0.389. The normalized spacial score (nSPS) is 22.7. The van der Waals surface area contributed by atoms with Crippen LogP contribution in [-0.2, 0) is 16.0 Å². The molecular formula is C18H24N2O3S. The van der Waals surface area contributed by atoms with Crippen molar-refractivity contribution in [1.82, 2.24) is 10.9 Å². The van der Waals surface area contributed by atoms with Crippen molar-refractivity contribution in [3.63, 3.8) is 0 Å². The van der Waals surface area contributed by atoms with E-state index in [1.54, 1.807) is 13.2 Å². The second-order valence-electron chi connectivity index (χ2n) is 5.92. The van der Waals surface area contributed by atoms with Gasteiger partial charge in [0.1, 0.15) is 5.75 Å². The Kier molecular flexibility index (Phi) is 6.48. The molecule has 1 fully saturated rings. The Hall–Kier alpha value is -1.76. The van der Waals surface area contributed by atoms with Crippen molar-refractivity contribution < 1.29 is 14.1 Å². The van der Waals surface area contributed by atoms with E-state index in [9.17, 15) is 9.35 Å². The number of hydrogen-bond acceptors (Lipinski definition) is 4. The van der Waals surface area contributed by atoms with Gasteiger partial charge < -0.3 is 9.29 Å². The highest BCUT2D eigenvalue weighted by Gasteiger charge is 2.24. The Balaban J connectivity index is 2.23. The average molecular weight is 348 g/mol. The van der Waals surface area contributed by atoms with Crippen molar-refractivity contribution in [2.45, 2.75) is 31.2 Å². The first-order chi connectivity index (χ1) is 11.5. The van der Waals surface area contributed by atoms with Crippen LogP contribution in [0.3, 0.4) is 0 Å². The molecule has 1 saturated heterocycles. The number of rotatable bonds is 6. The standard InChI is InChI=1S/C18H24N2O3S/c1-5-8-24(22)17-7-6-14(11-16(17)23-4)12(2)9-15-13(3)10-18(21)20-19-15/h5-7,9,11,13,15,19H,1,8,10H2,2-4H3,(H,20,21)/b12-9+. The van der Waals surface area contributed by atoms with Gasteiger partial charge in [0.05, 0.1) is 7.11 Å². The van der Waals surface area contributed by atoms with Crippen LogP contribution in [-0.4, -0.2) is 29.4 Å². The summed E-state index contributed by atoms with van der Waals surface area (Å²) >= 11 is -1.15. The van der Waals surface area contributed by atoms with E-state index in [1.165, 1.54) is 0 Å². The topological polar surface area (TPSA) is 73.4 Å². The molecule has 1 amide bonds. The summed E-state index contributed by atoms with van der Waals surface area (Å²) in [6, 6.07) is 5.75. The summed E-state index contributed by atoms with van der Waals surface area (Å²) in [4.78, 5) is 12.0. The van der Waals surface area contributed by atoms with Crippen LogP contribution in [0.2, 0.25) is 0 Å². The van der Waals surface area contributed by atoms with Gasteiger partial charge in [0.25, 0.3) is 0 Å². The van der Waals surface area contributed by atoms with E-state index in [0.717, 1.165) is 11.1 Å². The Labute approximate surface area is 146 Å². The highest BCUT2D eigenvalue weighted by atomic mass is 32.2. The first kappa shape index (κ1) is 18.6. The maximum absolute atomic E-state index is 12.2. The smallest absolute Gasteiger partial charge is 0.234 e. The Morgan fingerprint density at radius 2 is 2.29 bits per heavy atom. The average Bonchev–Trinajstić information content (AvgIpc) is 2.56. The third-order valence-corrected chi connectivity index (χ3v) is 5.43. The van der Waals surface area contributed by atoms with E-state index in [2.05, 4.69) is 23.5 Å². The van der Waals surface area contributed by atoms with Crippen LogP contribution in [0.25, 0.3) is 5.57 Å². The largest absolute Gasteiger partial charge is 0.611 e. The number of benzene rings is 1. The van der Waals surface area contributed by atoms with Crippen molar-refractivity contribution in [2.24, 2.45) is 5.92 Å². The van der Waals surface area contributed by atoms with Crippen LogP contribution in [0.15, 0.2) is 41.8 Å². The summed E-state index contributed by atoms with van der Waals surface area (Å²) in [6.07, 6.45) is 4.24. The molecule has 1 aliphatic rings. The minimum Gasteiger partial charge on any atom is -0.611 e. The Morgan fingerprint density at radius 3 is 2.92 bits per heavy atom. The van der Waals surface area contributed by atoms with E-state index >= 15 is 0 Å². The molecule has 3 atom stereocenters. The molecule has 1 aliphatic heterocycles. The number of ether oxygens (including phenoxy) is 1. The van der Waals surface area contributed by atoms with E-state index in [0.29, 0.717) is 22.8 Å². The molecule has 1 aromatic carbocycles. The van der Waals surface area contributed by atoms with Gasteiger partial charge in [-0.05, 0) is 59.4 Å². The van der Waals surface area contributed by atoms with Crippen molar-refractivity contribution in [1.29, 1.82) is 0 Å². The summed E-state index contributed by atoms with van der Waals surface area (Å²) in [5, 5.41) is 0. The monoisotopic (exact) mass is 348 g/mol. The number of allylic oxidation sites excluding steroid dienone is 1. The fourth-order valence-electron chi connectivity index (χ4n) is 2.65. The van der Waals surface area contributed by atoms with Crippen molar-refractivity contribution in [2.75, 3.05) is 12.9 Å². The lowest BCUT2D eigenvalue weighted by atomic mass is 9.93. The second kappa shape index (κ2) is 8.37. The quantitative estimate of drug-likeness (QED) is 0.612. The number of hydrogen-bond donors (Lipinski definition) is 2. The fourth-order valence-corrected chi connectivity index (χ4v) is 3.63. The van der Waals surface area contributed by atoms with Crippen molar-refractivity contribution in [3.8, 4) is 5.75 Å². The molecule has 130 valence electrons. The maximum Gasteiger partial charge on any atom is 0.234 e. The first-order valence-corrected chi connectivity index (χ1v) is 9.18. The molecule has 0 aliphatic carbocycles. The van der Waals surface area contributed by atoms with E-state index in [-0.39, 0.29) is 17.9 Å². The van der Waals surface area contributed by atoms with Crippen molar-refractivity contribution in [3.05, 3.63) is 42.5 Å². The minimum absolute atomic E-state index is 0.0144. The molecule has 0 saturated carbocycles. The van der Waals surface area contributed by atoms with Gasteiger partial charge in [0.2, 0.25) is 5.91 Å². The van der Waals surface area contributed by atoms with Crippen LogP contribution in [0, 0.1) is 5.92 Å². The SMILES string of the molecule is C=CC[S+]([O-])c1ccc(/C(C)=C/C2NNC(=O)CC2C)cc1OC. The number of nitrogens with one attached hydrogen (secondary N) is 2. The molecule has 1 heterocycles. The molecule has 5 nitrogen and oxygen atoms in total. The lowest BCUT2D eigenvalue weighted by Crippen LogP contribution is -2.52. The molecule has 1 aromatic rings. The summed E-state index contributed by atoms with van der Waals surface area (Å²) in [5.41, 5.74) is 7.76. The molecule has 24 heavy (non-hydrogen) atoms. The molecule has 6 heteroatoms. The third-order valence-electron chi connectivity index (χ3n) is 4.06. The van der Waals surface area contributed by atoms with E-state index in [1.807, 2.05) is 32.0 Å². The molecule has 0 spiro atoms. The maximum atomic E-state index is 12.2. The van der Waals surface area contributed by atoms with Crippen LogP contribution in [0.4, 0.5) is 0 Å². The zero-order chi connectivity index (χ0) is 17.7. The summed E-state index contributed by atoms with van der Waals surface area (Å²) in [5.74, 6) is 1.24. The lowest BCUT2D eigenvalue weighted by Gasteiger charge is -2.28. The van der Waals surface area contributed by atoms with Crippen LogP contribution >= 0.6 is 0 Å². The van der Waals surface area contributed by atoms with Gasteiger partial charge in [0.15, 0.2) is 10.6 Å². The van der Waals surface area contributed by atoms with Gasteiger partial charge in [-0.25, -0.2) is 5.43 Å². The zero-order valence-electron chi connectivity index (χ0n) is 14.3. The first-order valence-electron chi connectivity index (χ1n) is 7.86. The van der Waals surface area contributed by atoms with E-state index in [4.69, 9.17) is 4.74 Å². The van der Waals surface area contributed by atoms with Gasteiger partial charge in [-0.2, -0.15) is 0 Å². The van der Waals surface area contributed by atoms with E-state index < -0.39 is 11.2 Å². The molecular weight excluding hydrogens is 324 g/mol. The van der Waals surface area contributed by atoms with Crippen LogP contribution in [0.1, 0.15) is 25.8 Å². The number of carbonyl (C=O) groups is 1. The number of methoxy groups -OCH3 is 1. The van der Waals surface area contributed by atoms with Crippen LogP contribution < -0.4 is 15.6 Å². The number of amides is 1. The summed E-state index contributed by atoms with van der Waals surface area (Å²) in [6.45, 7) is 7.68. The molecule has 0 radical (unpaired) electrons. The zero-order valence-corrected chi connectivity index (χ0v) is 15.1. The Morgan fingerprint density at radius 1 is 1.54 bits per heavy atom. The molecule has 2 N–H and O–H groups in total. The minimum atomic E-state index is -1.15. The van der Waals surface area contributed by atoms with Gasteiger partial charge in [-0.15, -0.1) is 0 Å². The molecule has 0 aromatic heterocycles. The second-order valence-corrected chi connectivity index (χ2v) is 7.38.